The van der Waals surface area contributed by atoms with Gasteiger partial charge in [-0.2, -0.15) is 0 Å². The van der Waals surface area contributed by atoms with Crippen molar-refractivity contribution < 1.29 is 37.7 Å². The molecule has 0 spiro atoms. The molecule has 1 aliphatic heterocycles. The van der Waals surface area contributed by atoms with Crippen molar-refractivity contribution in [2.75, 3.05) is 26.9 Å². The number of allylic oxidation sites excluding steroid dienone is 1. The van der Waals surface area contributed by atoms with E-state index < -0.39 is 35.6 Å². The van der Waals surface area contributed by atoms with Crippen LogP contribution in [0.2, 0.25) is 0 Å². The minimum Gasteiger partial charge on any atom is -0.481 e. The van der Waals surface area contributed by atoms with Crippen LogP contribution in [0.25, 0.3) is 0 Å². The highest BCUT2D eigenvalue weighted by molar-refractivity contribution is 5.95. The van der Waals surface area contributed by atoms with Gasteiger partial charge in [-0.3, -0.25) is 9.69 Å². The molecule has 0 saturated heterocycles. The molecule has 0 saturated carbocycles. The second kappa shape index (κ2) is 9.97. The maximum Gasteiger partial charge on any atom is 0.338 e. The molecular formula is C19H22F2N2O6. The summed E-state index contributed by atoms with van der Waals surface area (Å²) >= 11 is 0. The van der Waals surface area contributed by atoms with Crippen molar-refractivity contribution in [3.8, 4) is 0 Å². The van der Waals surface area contributed by atoms with E-state index in [2.05, 4.69) is 5.32 Å². The topological polar surface area (TPSA) is 105 Å². The first-order chi connectivity index (χ1) is 13.8. The van der Waals surface area contributed by atoms with Gasteiger partial charge in [-0.1, -0.05) is 6.07 Å². The molecule has 0 bridgehead atoms. The zero-order chi connectivity index (χ0) is 21.6. The SMILES string of the molecule is COCCOC(=O)C1=C(C)N(CCCC(=O)O)C(=O)N[C@@H]1c1ccc(F)cc1F. The van der Waals surface area contributed by atoms with Crippen molar-refractivity contribution in [1.82, 2.24) is 10.2 Å². The highest BCUT2D eigenvalue weighted by Gasteiger charge is 2.37. The van der Waals surface area contributed by atoms with Crippen LogP contribution in [0.4, 0.5) is 13.6 Å². The number of halogens is 2. The first-order valence-corrected chi connectivity index (χ1v) is 8.87. The summed E-state index contributed by atoms with van der Waals surface area (Å²) in [6, 6.07) is 1.01. The molecule has 1 aliphatic rings. The number of rotatable bonds is 9. The van der Waals surface area contributed by atoms with E-state index in [0.717, 1.165) is 12.1 Å². The van der Waals surface area contributed by atoms with Gasteiger partial charge < -0.3 is 19.9 Å². The molecule has 1 aromatic rings. The number of ether oxygens (including phenoxy) is 2. The second-order valence-corrected chi connectivity index (χ2v) is 6.33. The molecule has 1 heterocycles. The van der Waals surface area contributed by atoms with Crippen molar-refractivity contribution in [2.45, 2.75) is 25.8 Å². The lowest BCUT2D eigenvalue weighted by atomic mass is 9.94. The van der Waals surface area contributed by atoms with Gasteiger partial charge in [0.2, 0.25) is 0 Å². The summed E-state index contributed by atoms with van der Waals surface area (Å²) in [6.45, 7) is 1.61. The second-order valence-electron chi connectivity index (χ2n) is 6.33. The molecule has 0 aliphatic carbocycles. The van der Waals surface area contributed by atoms with Gasteiger partial charge in [0.05, 0.1) is 18.2 Å². The van der Waals surface area contributed by atoms with Crippen molar-refractivity contribution >= 4 is 18.0 Å². The molecule has 158 valence electrons. The number of urea groups is 1. The number of carboxylic acid groups (broad SMARTS) is 1. The molecule has 0 fully saturated rings. The number of carboxylic acids is 1. The van der Waals surface area contributed by atoms with E-state index in [-0.39, 0.29) is 49.4 Å². The fourth-order valence-electron chi connectivity index (χ4n) is 2.97. The van der Waals surface area contributed by atoms with Gasteiger partial charge in [0, 0.05) is 37.4 Å². The summed E-state index contributed by atoms with van der Waals surface area (Å²) < 4.78 is 37.6. The average Bonchev–Trinajstić information content (AvgIpc) is 2.64. The lowest BCUT2D eigenvalue weighted by Gasteiger charge is -2.35. The van der Waals surface area contributed by atoms with Crippen LogP contribution in [0.1, 0.15) is 31.4 Å². The molecular weight excluding hydrogens is 390 g/mol. The van der Waals surface area contributed by atoms with Gasteiger partial charge in [-0.15, -0.1) is 0 Å². The van der Waals surface area contributed by atoms with Crippen molar-refractivity contribution in [3.05, 3.63) is 46.7 Å². The van der Waals surface area contributed by atoms with E-state index >= 15 is 0 Å². The van der Waals surface area contributed by atoms with E-state index in [1.807, 2.05) is 0 Å². The number of nitrogens with one attached hydrogen (secondary N) is 1. The van der Waals surface area contributed by atoms with Gasteiger partial charge in [0.25, 0.3) is 0 Å². The molecule has 0 radical (unpaired) electrons. The van der Waals surface area contributed by atoms with Crippen LogP contribution < -0.4 is 5.32 Å². The number of hydrogen-bond donors (Lipinski definition) is 2. The first kappa shape index (κ1) is 22.3. The lowest BCUT2D eigenvalue weighted by Crippen LogP contribution is -2.48. The third-order valence-corrected chi connectivity index (χ3v) is 4.38. The van der Waals surface area contributed by atoms with Crippen LogP contribution in [-0.4, -0.2) is 54.8 Å². The maximum absolute atomic E-state index is 14.4. The number of benzene rings is 1. The number of amides is 2. The Kier molecular flexibility index (Phi) is 7.66. The van der Waals surface area contributed by atoms with Crippen LogP contribution in [0, 0.1) is 11.6 Å². The third-order valence-electron chi connectivity index (χ3n) is 4.38. The van der Waals surface area contributed by atoms with Crippen molar-refractivity contribution in [1.29, 1.82) is 0 Å². The third kappa shape index (κ3) is 5.50. The molecule has 10 heteroatoms. The predicted octanol–water partition coefficient (Wildman–Crippen LogP) is 2.36. The number of hydrogen-bond acceptors (Lipinski definition) is 5. The monoisotopic (exact) mass is 412 g/mol. The van der Waals surface area contributed by atoms with Crippen LogP contribution in [0.3, 0.4) is 0 Å². The summed E-state index contributed by atoms with van der Waals surface area (Å²) in [5.74, 6) is -3.54. The number of carbonyl (C=O) groups is 3. The Labute approximate surface area is 166 Å². The summed E-state index contributed by atoms with van der Waals surface area (Å²) in [7, 11) is 1.43. The zero-order valence-corrected chi connectivity index (χ0v) is 16.0. The van der Waals surface area contributed by atoms with Gasteiger partial charge in [-0.25, -0.2) is 18.4 Å². The molecule has 2 rings (SSSR count). The highest BCUT2D eigenvalue weighted by atomic mass is 19.1. The maximum atomic E-state index is 14.4. The summed E-state index contributed by atoms with van der Waals surface area (Å²) in [5, 5.41) is 11.3. The normalized spacial score (nSPS) is 16.6. The Balaban J connectivity index is 2.41. The Bertz CT molecular complexity index is 827. The summed E-state index contributed by atoms with van der Waals surface area (Å²) in [6.07, 6.45) is -0.0115. The van der Waals surface area contributed by atoms with Gasteiger partial charge in [0.1, 0.15) is 18.2 Å². The number of aliphatic carboxylic acids is 1. The number of nitrogens with zero attached hydrogens (tertiary/aromatic N) is 1. The molecule has 2 amide bonds. The van der Waals surface area contributed by atoms with E-state index in [0.29, 0.717) is 6.07 Å². The zero-order valence-electron chi connectivity index (χ0n) is 16.0. The Morgan fingerprint density at radius 2 is 2.00 bits per heavy atom. The van der Waals surface area contributed by atoms with Crippen molar-refractivity contribution in [2.24, 2.45) is 0 Å². The average molecular weight is 412 g/mol. The molecule has 29 heavy (non-hydrogen) atoms. The molecule has 1 atom stereocenters. The Morgan fingerprint density at radius 3 is 2.62 bits per heavy atom. The van der Waals surface area contributed by atoms with Gasteiger partial charge >= 0.3 is 18.0 Å². The largest absolute Gasteiger partial charge is 0.481 e. The number of methoxy groups -OCH3 is 1. The smallest absolute Gasteiger partial charge is 0.338 e. The summed E-state index contributed by atoms with van der Waals surface area (Å²) in [4.78, 5) is 37.1. The minimum absolute atomic E-state index is 0.0264. The fourth-order valence-corrected chi connectivity index (χ4v) is 2.97. The minimum atomic E-state index is -1.19. The number of esters is 1. The Morgan fingerprint density at radius 1 is 1.28 bits per heavy atom. The van der Waals surface area contributed by atoms with Crippen LogP contribution in [-0.2, 0) is 19.1 Å². The van der Waals surface area contributed by atoms with E-state index in [9.17, 15) is 23.2 Å². The fraction of sp³-hybridized carbons (Fsp3) is 0.421. The van der Waals surface area contributed by atoms with E-state index in [1.165, 1.54) is 18.9 Å². The lowest BCUT2D eigenvalue weighted by molar-refractivity contribution is -0.141. The molecule has 1 aromatic carbocycles. The van der Waals surface area contributed by atoms with Crippen LogP contribution in [0.15, 0.2) is 29.5 Å². The molecule has 0 unspecified atom stereocenters. The first-order valence-electron chi connectivity index (χ1n) is 8.87. The Hall–Kier alpha value is -3.01. The highest BCUT2D eigenvalue weighted by Crippen LogP contribution is 2.33. The quantitative estimate of drug-likeness (QED) is 0.477. The van der Waals surface area contributed by atoms with Gasteiger partial charge in [0.15, 0.2) is 0 Å². The molecule has 0 aromatic heterocycles. The van der Waals surface area contributed by atoms with E-state index in [4.69, 9.17) is 14.6 Å². The van der Waals surface area contributed by atoms with Crippen LogP contribution >= 0.6 is 0 Å². The van der Waals surface area contributed by atoms with Crippen molar-refractivity contribution in [3.63, 3.8) is 0 Å². The predicted molar refractivity (Wildman–Crippen MR) is 96.7 cm³/mol. The van der Waals surface area contributed by atoms with Gasteiger partial charge in [-0.05, 0) is 19.4 Å². The summed E-state index contributed by atoms with van der Waals surface area (Å²) in [5.41, 5.74) is 0.0831. The number of carbonyl (C=O) groups excluding carboxylic acids is 2. The van der Waals surface area contributed by atoms with E-state index in [1.54, 1.807) is 0 Å². The van der Waals surface area contributed by atoms with Crippen LogP contribution in [0.5, 0.6) is 0 Å². The molecule has 2 N–H and O–H groups in total. The standard InChI is InChI=1S/C19H22F2N2O6/c1-11-16(18(26)29-9-8-28-2)17(13-6-5-12(20)10-14(13)21)22-19(27)23(11)7-3-4-15(24)25/h5-6,10,17H,3-4,7-9H2,1-2H3,(H,22,27)(H,24,25)/t17-/m1/s1. The molecule has 8 nitrogen and oxygen atoms in total.